The van der Waals surface area contributed by atoms with Gasteiger partial charge in [-0.2, -0.15) is 0 Å². The number of nitrogens with zero attached hydrogens (tertiary/aromatic N) is 1. The van der Waals surface area contributed by atoms with Gasteiger partial charge in [0.25, 0.3) is 11.5 Å². The highest BCUT2D eigenvalue weighted by Crippen LogP contribution is 2.20. The first-order valence-electron chi connectivity index (χ1n) is 7.28. The molecule has 0 radical (unpaired) electrons. The summed E-state index contributed by atoms with van der Waals surface area (Å²) in [5.41, 5.74) is 0.0994. The van der Waals surface area contributed by atoms with Gasteiger partial charge < -0.3 is 15.0 Å². The molecule has 8 heteroatoms. The predicted molar refractivity (Wildman–Crippen MR) is 91.5 cm³/mol. The second-order valence-electron chi connectivity index (χ2n) is 5.20. The second-order valence-corrected chi connectivity index (χ2v) is 5.61. The predicted octanol–water partition coefficient (Wildman–Crippen LogP) is 2.65. The molecule has 0 saturated heterocycles. The highest BCUT2D eigenvalue weighted by molar-refractivity contribution is 6.31. The molecule has 6 nitrogen and oxygen atoms in total. The van der Waals surface area contributed by atoms with Crippen LogP contribution in [0.1, 0.15) is 16.2 Å². The van der Waals surface area contributed by atoms with E-state index in [0.29, 0.717) is 5.75 Å². The van der Waals surface area contributed by atoms with Gasteiger partial charge in [-0.05, 0) is 29.8 Å². The van der Waals surface area contributed by atoms with Crippen LogP contribution in [0.15, 0.2) is 41.2 Å². The average Bonchev–Trinajstić information content (AvgIpc) is 2.62. The van der Waals surface area contributed by atoms with Crippen LogP contribution in [0.25, 0.3) is 10.9 Å². The fourth-order valence-corrected chi connectivity index (χ4v) is 2.48. The van der Waals surface area contributed by atoms with Gasteiger partial charge in [-0.3, -0.25) is 9.59 Å². The van der Waals surface area contributed by atoms with Crippen LogP contribution < -0.4 is 15.6 Å². The summed E-state index contributed by atoms with van der Waals surface area (Å²) in [7, 11) is 1.55. The number of hydrogen-bond donors (Lipinski definition) is 2. The number of amides is 1. The lowest BCUT2D eigenvalue weighted by molar-refractivity contribution is 0.0940. The summed E-state index contributed by atoms with van der Waals surface area (Å²) in [6, 6.07) is 9.83. The molecule has 3 aromatic rings. The monoisotopic (exact) mass is 361 g/mol. The maximum Gasteiger partial charge on any atom is 0.287 e. The van der Waals surface area contributed by atoms with E-state index in [-0.39, 0.29) is 28.3 Å². The van der Waals surface area contributed by atoms with E-state index in [2.05, 4.69) is 15.3 Å². The Morgan fingerprint density at radius 2 is 2.16 bits per heavy atom. The number of rotatable bonds is 4. The molecule has 0 bridgehead atoms. The topological polar surface area (TPSA) is 84.1 Å². The lowest BCUT2D eigenvalue weighted by atomic mass is 10.2. The molecule has 128 valence electrons. The van der Waals surface area contributed by atoms with Crippen molar-refractivity contribution in [2.45, 2.75) is 6.54 Å². The van der Waals surface area contributed by atoms with Crippen LogP contribution >= 0.6 is 11.6 Å². The van der Waals surface area contributed by atoms with Gasteiger partial charge in [0.2, 0.25) is 0 Å². The number of ether oxygens (including phenoxy) is 1. The fraction of sp³-hybridized carbons (Fsp3) is 0.118. The molecule has 3 rings (SSSR count). The maximum absolute atomic E-state index is 13.9. The molecule has 0 aliphatic carbocycles. The quantitative estimate of drug-likeness (QED) is 0.748. The van der Waals surface area contributed by atoms with Gasteiger partial charge in [0.05, 0.1) is 17.6 Å². The molecular weight excluding hydrogens is 349 g/mol. The zero-order valence-corrected chi connectivity index (χ0v) is 13.9. The van der Waals surface area contributed by atoms with Crippen LogP contribution in [0.5, 0.6) is 5.75 Å². The lowest BCUT2D eigenvalue weighted by Crippen LogP contribution is -2.27. The number of methoxy groups -OCH3 is 1. The normalized spacial score (nSPS) is 10.7. The van der Waals surface area contributed by atoms with Crippen molar-refractivity contribution in [3.63, 3.8) is 0 Å². The number of benzene rings is 2. The van der Waals surface area contributed by atoms with Crippen molar-refractivity contribution >= 4 is 28.4 Å². The molecule has 1 heterocycles. The Balaban J connectivity index is 1.85. The minimum Gasteiger partial charge on any atom is -0.497 e. The standard InChI is InChI=1S/C17H13ClFN3O3/c1-25-10-4-2-3-9(7-10)8-20-17(24)15-21-12-6-5-11(18)14(19)13(12)16(23)22-15/h2-7H,8H2,1H3,(H,20,24)(H,21,22,23). The van der Waals surface area contributed by atoms with E-state index in [0.717, 1.165) is 5.56 Å². The number of aromatic nitrogens is 2. The Hall–Kier alpha value is -2.93. The smallest absolute Gasteiger partial charge is 0.287 e. The van der Waals surface area contributed by atoms with Crippen molar-refractivity contribution in [2.24, 2.45) is 0 Å². The number of nitrogens with one attached hydrogen (secondary N) is 2. The minimum atomic E-state index is -0.865. The minimum absolute atomic E-state index is 0.0529. The van der Waals surface area contributed by atoms with Crippen LogP contribution in [0.4, 0.5) is 4.39 Å². The number of carbonyl (C=O) groups excluding carboxylic acids is 1. The van der Waals surface area contributed by atoms with E-state index < -0.39 is 17.3 Å². The van der Waals surface area contributed by atoms with E-state index in [9.17, 15) is 14.0 Å². The van der Waals surface area contributed by atoms with Crippen LogP contribution in [-0.4, -0.2) is 23.0 Å². The van der Waals surface area contributed by atoms with Gasteiger partial charge in [-0.25, -0.2) is 9.37 Å². The summed E-state index contributed by atoms with van der Waals surface area (Å²) in [5, 5.41) is 2.17. The highest BCUT2D eigenvalue weighted by atomic mass is 35.5. The lowest BCUT2D eigenvalue weighted by Gasteiger charge is -2.07. The largest absolute Gasteiger partial charge is 0.497 e. The van der Waals surface area contributed by atoms with Crippen LogP contribution in [-0.2, 0) is 6.54 Å². The summed E-state index contributed by atoms with van der Waals surface area (Å²) >= 11 is 5.66. The van der Waals surface area contributed by atoms with Gasteiger partial charge >= 0.3 is 0 Å². The summed E-state index contributed by atoms with van der Waals surface area (Å²) in [5.74, 6) is -0.994. The zero-order valence-electron chi connectivity index (χ0n) is 13.1. The van der Waals surface area contributed by atoms with Crippen LogP contribution in [0.3, 0.4) is 0 Å². The van der Waals surface area contributed by atoms with Gasteiger partial charge in [-0.15, -0.1) is 0 Å². The summed E-state index contributed by atoms with van der Waals surface area (Å²) < 4.78 is 19.0. The molecule has 2 N–H and O–H groups in total. The molecule has 25 heavy (non-hydrogen) atoms. The molecular formula is C17H13ClFN3O3. The van der Waals surface area contributed by atoms with Crippen LogP contribution in [0.2, 0.25) is 5.02 Å². The Morgan fingerprint density at radius 1 is 1.36 bits per heavy atom. The van der Waals surface area contributed by atoms with Crippen molar-refractivity contribution in [3.8, 4) is 5.75 Å². The van der Waals surface area contributed by atoms with Gasteiger partial charge in [-0.1, -0.05) is 23.7 Å². The summed E-state index contributed by atoms with van der Waals surface area (Å²) in [4.78, 5) is 30.5. The molecule has 0 atom stereocenters. The van der Waals surface area contributed by atoms with Crippen molar-refractivity contribution in [3.05, 3.63) is 69.0 Å². The maximum atomic E-state index is 13.9. The summed E-state index contributed by atoms with van der Waals surface area (Å²) in [6.45, 7) is 0.215. The number of aromatic amines is 1. The number of hydrogen-bond acceptors (Lipinski definition) is 4. The van der Waals surface area contributed by atoms with Crippen LogP contribution in [0, 0.1) is 5.82 Å². The first-order valence-corrected chi connectivity index (χ1v) is 7.66. The Morgan fingerprint density at radius 3 is 2.92 bits per heavy atom. The molecule has 0 aliphatic heterocycles. The second kappa shape index (κ2) is 6.90. The zero-order chi connectivity index (χ0) is 18.0. The van der Waals surface area contributed by atoms with Gasteiger partial charge in [0.1, 0.15) is 11.1 Å². The molecule has 2 aromatic carbocycles. The van der Waals surface area contributed by atoms with E-state index in [1.807, 2.05) is 6.07 Å². The number of fused-ring (bicyclic) bond motifs is 1. The number of halogens is 2. The first kappa shape index (κ1) is 16.9. The van der Waals surface area contributed by atoms with Gasteiger partial charge in [0.15, 0.2) is 11.6 Å². The Kier molecular flexibility index (Phi) is 4.67. The third-order valence-electron chi connectivity index (χ3n) is 3.57. The first-order chi connectivity index (χ1) is 12.0. The molecule has 0 saturated carbocycles. The number of H-pyrrole nitrogens is 1. The Bertz CT molecular complexity index is 1020. The van der Waals surface area contributed by atoms with Crippen molar-refractivity contribution < 1.29 is 13.9 Å². The van der Waals surface area contributed by atoms with Crippen molar-refractivity contribution in [1.29, 1.82) is 0 Å². The molecule has 0 aliphatic rings. The summed E-state index contributed by atoms with van der Waals surface area (Å²) in [6.07, 6.45) is 0. The van der Waals surface area contributed by atoms with Gasteiger partial charge in [0, 0.05) is 6.54 Å². The molecule has 1 amide bonds. The molecule has 1 aromatic heterocycles. The number of carbonyl (C=O) groups is 1. The fourth-order valence-electron chi connectivity index (χ4n) is 2.32. The Labute approximate surface area is 146 Å². The van der Waals surface area contributed by atoms with Crippen molar-refractivity contribution in [1.82, 2.24) is 15.3 Å². The molecule has 0 spiro atoms. The van der Waals surface area contributed by atoms with E-state index in [1.54, 1.807) is 25.3 Å². The highest BCUT2D eigenvalue weighted by Gasteiger charge is 2.15. The molecule has 0 fully saturated rings. The average molecular weight is 362 g/mol. The van der Waals surface area contributed by atoms with Crippen molar-refractivity contribution in [2.75, 3.05) is 7.11 Å². The van der Waals surface area contributed by atoms with E-state index in [1.165, 1.54) is 12.1 Å². The molecule has 0 unspecified atom stereocenters. The van der Waals surface area contributed by atoms with E-state index in [4.69, 9.17) is 16.3 Å². The van der Waals surface area contributed by atoms with E-state index >= 15 is 0 Å². The SMILES string of the molecule is COc1cccc(CNC(=O)c2nc3ccc(Cl)c(F)c3c(=O)[nH]2)c1. The third-order valence-corrected chi connectivity index (χ3v) is 3.86. The third kappa shape index (κ3) is 3.46.